The predicted molar refractivity (Wildman–Crippen MR) is 262 cm³/mol. The molecule has 3 heterocycles. The molecule has 0 atom stereocenters. The van der Waals surface area contributed by atoms with E-state index in [-0.39, 0.29) is 0 Å². The van der Waals surface area contributed by atoms with Crippen LogP contribution in [0.4, 0.5) is 0 Å². The minimum Gasteiger partial charge on any atom is -0.455 e. The van der Waals surface area contributed by atoms with Gasteiger partial charge in [-0.2, -0.15) is 0 Å². The smallest absolute Gasteiger partial charge is 0.143 e. The lowest BCUT2D eigenvalue weighted by atomic mass is 9.91. The molecule has 3 aromatic heterocycles. The summed E-state index contributed by atoms with van der Waals surface area (Å²) in [5.41, 5.74) is 17.8. The maximum atomic E-state index is 6.43. The minimum absolute atomic E-state index is 0.906. The molecule has 0 aliphatic heterocycles. The molecule has 0 radical (unpaired) electrons. The van der Waals surface area contributed by atoms with Gasteiger partial charge < -0.3 is 4.42 Å². The Kier molecular flexibility index (Phi) is 8.72. The Balaban J connectivity index is 0.923. The molecule has 62 heavy (non-hydrogen) atoms. The highest BCUT2D eigenvalue weighted by atomic mass is 32.1. The number of nitrogens with zero attached hydrogens (tertiary/aromatic N) is 1. The van der Waals surface area contributed by atoms with E-state index >= 15 is 0 Å². The number of hydrogen-bond donors (Lipinski definition) is 0. The molecular weight excluding hydrogens is 771 g/mol. The van der Waals surface area contributed by atoms with E-state index in [0.717, 1.165) is 77.7 Å². The van der Waals surface area contributed by atoms with Crippen molar-refractivity contribution in [2.24, 2.45) is 0 Å². The first-order valence-corrected chi connectivity index (χ1v) is 21.8. The zero-order valence-corrected chi connectivity index (χ0v) is 34.4. The number of pyridine rings is 1. The molecule has 12 rings (SSSR count). The molecule has 12 aromatic rings. The van der Waals surface area contributed by atoms with E-state index in [0.29, 0.717) is 0 Å². The Bertz CT molecular complexity index is 3430. The first kappa shape index (κ1) is 36.0. The highest BCUT2D eigenvalue weighted by Gasteiger charge is 2.15. The maximum Gasteiger partial charge on any atom is 0.143 e. The lowest BCUT2D eigenvalue weighted by Gasteiger charge is -2.13. The van der Waals surface area contributed by atoms with E-state index in [9.17, 15) is 0 Å². The summed E-state index contributed by atoms with van der Waals surface area (Å²) in [6.07, 6.45) is 1.87. The molecule has 0 saturated heterocycles. The van der Waals surface area contributed by atoms with Gasteiger partial charge in [-0.05, 0) is 128 Å². The van der Waals surface area contributed by atoms with Gasteiger partial charge in [0.25, 0.3) is 0 Å². The van der Waals surface area contributed by atoms with Crippen molar-refractivity contribution in [3.8, 4) is 78.0 Å². The maximum absolute atomic E-state index is 6.43. The quantitative estimate of drug-likeness (QED) is 0.160. The highest BCUT2D eigenvalue weighted by Crippen LogP contribution is 2.42. The lowest BCUT2D eigenvalue weighted by Crippen LogP contribution is -1.89. The summed E-state index contributed by atoms with van der Waals surface area (Å²) in [6, 6.07) is 78.7. The van der Waals surface area contributed by atoms with Crippen molar-refractivity contribution < 1.29 is 4.42 Å². The number of para-hydroxylation sites is 2. The molecule has 9 aromatic carbocycles. The number of rotatable bonds is 7. The van der Waals surface area contributed by atoms with E-state index in [1.807, 2.05) is 35.7 Å². The third kappa shape index (κ3) is 6.39. The molecular formula is C59H37NOS. The van der Waals surface area contributed by atoms with Crippen molar-refractivity contribution >= 4 is 53.4 Å². The summed E-state index contributed by atoms with van der Waals surface area (Å²) in [6.45, 7) is 0. The summed E-state index contributed by atoms with van der Waals surface area (Å²) < 4.78 is 9.08. The van der Waals surface area contributed by atoms with Crippen molar-refractivity contribution in [2.45, 2.75) is 0 Å². The third-order valence-electron chi connectivity index (χ3n) is 12.1. The van der Waals surface area contributed by atoms with Gasteiger partial charge in [-0.1, -0.05) is 152 Å². The molecule has 0 aliphatic rings. The number of thiophene rings is 1. The average molecular weight is 808 g/mol. The SMILES string of the molecule is c1ccc(-c2cc(-c3cccc(-c4cccc(-c5cccc6c5oc5ccccc56)c4)c3)cc(-c3cccc(-c4cccc(-c5cccc6c5sc5ccccc56)c4)c3)c2)nc1. The standard InChI is InChI=1S/C59H37NOS/c1-3-28-56-51(21-1)53-25-11-23-49(58(53)61-56)44-19-9-15-40(33-44)38-13-7-17-42(31-38)46-35-47(37-48(36-46)55-27-5-6-30-60-55)43-18-8-14-39(32-43)41-16-10-20-45(34-41)50-24-12-26-54-52-22-2-4-29-57(52)62-59(50)54/h1-37H. The van der Waals surface area contributed by atoms with E-state index in [4.69, 9.17) is 9.40 Å². The van der Waals surface area contributed by atoms with Crippen molar-refractivity contribution in [2.75, 3.05) is 0 Å². The minimum atomic E-state index is 0.906. The van der Waals surface area contributed by atoms with E-state index in [1.54, 1.807) is 0 Å². The summed E-state index contributed by atoms with van der Waals surface area (Å²) in [5, 5.41) is 4.90. The summed E-state index contributed by atoms with van der Waals surface area (Å²) in [5.74, 6) is 0. The van der Waals surface area contributed by atoms with Gasteiger partial charge >= 0.3 is 0 Å². The first-order chi connectivity index (χ1) is 30.7. The Labute approximate surface area is 363 Å². The van der Waals surface area contributed by atoms with Gasteiger partial charge in [0, 0.05) is 48.3 Å². The van der Waals surface area contributed by atoms with Crippen molar-refractivity contribution in [3.63, 3.8) is 0 Å². The van der Waals surface area contributed by atoms with Crippen LogP contribution >= 0.6 is 11.3 Å². The molecule has 0 spiro atoms. The van der Waals surface area contributed by atoms with E-state index in [2.05, 4.69) is 200 Å². The fourth-order valence-corrected chi connectivity index (χ4v) is 10.3. The second kappa shape index (κ2) is 15.0. The molecule has 0 aliphatic carbocycles. The molecule has 0 unspecified atom stereocenters. The van der Waals surface area contributed by atoms with Gasteiger partial charge in [-0.3, -0.25) is 4.98 Å². The van der Waals surface area contributed by atoms with Crippen molar-refractivity contribution in [1.82, 2.24) is 4.98 Å². The topological polar surface area (TPSA) is 26.0 Å². The Morgan fingerprint density at radius 3 is 1.45 bits per heavy atom. The van der Waals surface area contributed by atoms with Crippen LogP contribution in [0.25, 0.3) is 120 Å². The van der Waals surface area contributed by atoms with Crippen LogP contribution in [0.3, 0.4) is 0 Å². The zero-order valence-electron chi connectivity index (χ0n) is 33.6. The largest absolute Gasteiger partial charge is 0.455 e. The normalized spacial score (nSPS) is 11.5. The van der Waals surface area contributed by atoms with Crippen LogP contribution in [-0.4, -0.2) is 4.98 Å². The molecule has 2 nitrogen and oxygen atoms in total. The molecule has 0 saturated carbocycles. The van der Waals surface area contributed by atoms with Gasteiger partial charge in [0.2, 0.25) is 0 Å². The second-order valence-corrected chi connectivity index (χ2v) is 17.0. The average Bonchev–Trinajstić information content (AvgIpc) is 3.93. The second-order valence-electron chi connectivity index (χ2n) is 15.9. The van der Waals surface area contributed by atoms with Gasteiger partial charge in [0.05, 0.1) is 5.69 Å². The summed E-state index contributed by atoms with van der Waals surface area (Å²) in [4.78, 5) is 4.79. The number of hydrogen-bond acceptors (Lipinski definition) is 3. The number of aromatic nitrogens is 1. The number of benzene rings is 9. The zero-order chi connectivity index (χ0) is 41.0. The van der Waals surface area contributed by atoms with Gasteiger partial charge in [-0.15, -0.1) is 11.3 Å². The van der Waals surface area contributed by atoms with Crippen molar-refractivity contribution in [3.05, 3.63) is 225 Å². The number of furan rings is 1. The lowest BCUT2D eigenvalue weighted by molar-refractivity contribution is 0.670. The molecule has 290 valence electrons. The van der Waals surface area contributed by atoms with E-state index in [1.165, 1.54) is 42.4 Å². The molecule has 3 heteroatoms. The van der Waals surface area contributed by atoms with Crippen LogP contribution in [-0.2, 0) is 0 Å². The van der Waals surface area contributed by atoms with E-state index < -0.39 is 0 Å². The fourth-order valence-electron chi connectivity index (χ4n) is 9.08. The predicted octanol–water partition coefficient (Wildman–Crippen LogP) is 17.0. The Morgan fingerprint density at radius 2 is 0.790 bits per heavy atom. The Morgan fingerprint density at radius 1 is 0.323 bits per heavy atom. The first-order valence-electron chi connectivity index (χ1n) is 21.0. The van der Waals surface area contributed by atoms with Gasteiger partial charge in [-0.25, -0.2) is 0 Å². The molecule has 0 fully saturated rings. The third-order valence-corrected chi connectivity index (χ3v) is 13.3. The van der Waals surface area contributed by atoms with Crippen molar-refractivity contribution in [1.29, 1.82) is 0 Å². The van der Waals surface area contributed by atoms with Crippen LogP contribution in [0.2, 0.25) is 0 Å². The van der Waals surface area contributed by atoms with Crippen LogP contribution < -0.4 is 0 Å². The Hall–Kier alpha value is -7.85. The molecule has 0 bridgehead atoms. The van der Waals surface area contributed by atoms with Crippen LogP contribution in [0.15, 0.2) is 229 Å². The fraction of sp³-hybridized carbons (Fsp3) is 0. The molecule has 0 amide bonds. The number of fused-ring (bicyclic) bond motifs is 6. The highest BCUT2D eigenvalue weighted by molar-refractivity contribution is 7.26. The summed E-state index contributed by atoms with van der Waals surface area (Å²) in [7, 11) is 0. The monoisotopic (exact) mass is 807 g/mol. The summed E-state index contributed by atoms with van der Waals surface area (Å²) >= 11 is 1.87. The molecule has 0 N–H and O–H groups in total. The van der Waals surface area contributed by atoms with Gasteiger partial charge in [0.15, 0.2) is 0 Å². The van der Waals surface area contributed by atoms with Crippen LogP contribution in [0, 0.1) is 0 Å². The van der Waals surface area contributed by atoms with Crippen LogP contribution in [0.5, 0.6) is 0 Å². The van der Waals surface area contributed by atoms with Crippen LogP contribution in [0.1, 0.15) is 0 Å². The van der Waals surface area contributed by atoms with Gasteiger partial charge in [0.1, 0.15) is 11.2 Å².